The average Bonchev–Trinajstić information content (AvgIpc) is 2.28. The highest BCUT2D eigenvalue weighted by molar-refractivity contribution is 8.00. The first-order valence-corrected chi connectivity index (χ1v) is 8.06. The van der Waals surface area contributed by atoms with Crippen LogP contribution in [-0.2, 0) is 10.0 Å². The number of benzene rings is 1. The molecule has 16 heavy (non-hydrogen) atoms. The molecule has 0 bridgehead atoms. The summed E-state index contributed by atoms with van der Waals surface area (Å²) >= 11 is 7.21. The lowest BCUT2D eigenvalue weighted by molar-refractivity contribution is 0.593. The van der Waals surface area contributed by atoms with Crippen LogP contribution in [0.5, 0.6) is 0 Å². The van der Waals surface area contributed by atoms with E-state index in [0.717, 1.165) is 16.3 Å². The predicted molar refractivity (Wildman–Crippen MR) is 69.0 cm³/mol. The topological polar surface area (TPSA) is 37.4 Å². The molecule has 1 aromatic carbocycles. The van der Waals surface area contributed by atoms with Gasteiger partial charge in [-0.3, -0.25) is 4.31 Å². The number of thioether (sulfide) groups is 1. The Labute approximate surface area is 105 Å². The Balaban J connectivity index is 2.39. The maximum atomic E-state index is 12.0. The SMILES string of the molecule is O=S(=O)(CCCl)N1CCSc2ccccc21. The minimum atomic E-state index is -3.26. The average molecular weight is 278 g/mol. The van der Waals surface area contributed by atoms with Gasteiger partial charge in [0.05, 0.1) is 11.4 Å². The number of hydrogen-bond donors (Lipinski definition) is 0. The van der Waals surface area contributed by atoms with Crippen LogP contribution < -0.4 is 4.31 Å². The van der Waals surface area contributed by atoms with Gasteiger partial charge in [0.15, 0.2) is 0 Å². The number of hydrogen-bond acceptors (Lipinski definition) is 3. The van der Waals surface area contributed by atoms with Crippen molar-refractivity contribution in [2.45, 2.75) is 4.90 Å². The van der Waals surface area contributed by atoms with E-state index in [1.54, 1.807) is 11.8 Å². The Bertz CT molecular complexity index is 475. The van der Waals surface area contributed by atoms with Crippen molar-refractivity contribution in [3.05, 3.63) is 24.3 Å². The van der Waals surface area contributed by atoms with Crippen molar-refractivity contribution in [2.24, 2.45) is 0 Å². The normalized spacial score (nSPS) is 15.9. The Hall–Kier alpha value is -0.390. The van der Waals surface area contributed by atoms with Crippen LogP contribution in [0.15, 0.2) is 29.2 Å². The molecule has 88 valence electrons. The number of sulfonamides is 1. The molecule has 1 heterocycles. The molecule has 0 unspecified atom stereocenters. The van der Waals surface area contributed by atoms with E-state index in [2.05, 4.69) is 0 Å². The predicted octanol–water partition coefficient (Wildman–Crippen LogP) is 2.17. The van der Waals surface area contributed by atoms with E-state index in [-0.39, 0.29) is 11.6 Å². The third kappa shape index (κ3) is 2.31. The number of para-hydroxylation sites is 1. The van der Waals surface area contributed by atoms with Crippen molar-refractivity contribution < 1.29 is 8.42 Å². The van der Waals surface area contributed by atoms with Crippen molar-refractivity contribution in [2.75, 3.05) is 28.2 Å². The molecule has 1 aliphatic rings. The fraction of sp³-hybridized carbons (Fsp3) is 0.400. The zero-order valence-electron chi connectivity index (χ0n) is 8.60. The zero-order valence-corrected chi connectivity index (χ0v) is 11.0. The van der Waals surface area contributed by atoms with E-state index in [0.29, 0.717) is 6.54 Å². The van der Waals surface area contributed by atoms with Gasteiger partial charge in [0.2, 0.25) is 10.0 Å². The molecular formula is C10H12ClNO2S2. The second kappa shape index (κ2) is 4.85. The standard InChI is InChI=1S/C10H12ClNO2S2/c11-5-8-16(13,14)12-6-7-15-10-4-2-1-3-9(10)12/h1-4H,5-8H2. The summed E-state index contributed by atoms with van der Waals surface area (Å²) in [6, 6.07) is 7.56. The van der Waals surface area contributed by atoms with Gasteiger partial charge < -0.3 is 0 Å². The highest BCUT2D eigenvalue weighted by Gasteiger charge is 2.26. The summed E-state index contributed by atoms with van der Waals surface area (Å²) in [5, 5.41) is 0. The largest absolute Gasteiger partial charge is 0.268 e. The number of rotatable bonds is 3. The first kappa shape index (κ1) is 12.1. The lowest BCUT2D eigenvalue weighted by atomic mass is 10.3. The molecule has 0 aliphatic carbocycles. The van der Waals surface area contributed by atoms with E-state index < -0.39 is 10.0 Å². The minimum Gasteiger partial charge on any atom is -0.268 e. The molecule has 0 saturated carbocycles. The van der Waals surface area contributed by atoms with Crippen LogP contribution >= 0.6 is 23.4 Å². The summed E-state index contributed by atoms with van der Waals surface area (Å²) in [4.78, 5) is 1.02. The Morgan fingerprint density at radius 2 is 2.12 bits per heavy atom. The number of fused-ring (bicyclic) bond motifs is 1. The minimum absolute atomic E-state index is 0.00639. The summed E-state index contributed by atoms with van der Waals surface area (Å²) in [5.74, 6) is 0.917. The maximum Gasteiger partial charge on any atom is 0.236 e. The molecule has 0 N–H and O–H groups in total. The van der Waals surface area contributed by atoms with Crippen molar-refractivity contribution in [1.82, 2.24) is 0 Å². The third-order valence-corrected chi connectivity index (χ3v) is 5.58. The van der Waals surface area contributed by atoms with Gasteiger partial charge in [-0.15, -0.1) is 23.4 Å². The third-order valence-electron chi connectivity index (χ3n) is 2.36. The smallest absolute Gasteiger partial charge is 0.236 e. The highest BCUT2D eigenvalue weighted by Crippen LogP contribution is 2.35. The van der Waals surface area contributed by atoms with Crippen LogP contribution in [0.2, 0.25) is 0 Å². The number of nitrogens with zero attached hydrogens (tertiary/aromatic N) is 1. The van der Waals surface area contributed by atoms with E-state index in [4.69, 9.17) is 11.6 Å². The van der Waals surface area contributed by atoms with Crippen LogP contribution in [0.25, 0.3) is 0 Å². The van der Waals surface area contributed by atoms with Crippen LogP contribution in [0.3, 0.4) is 0 Å². The molecule has 0 radical (unpaired) electrons. The van der Waals surface area contributed by atoms with Crippen molar-refractivity contribution in [3.63, 3.8) is 0 Å². The molecule has 1 aliphatic heterocycles. The number of anilines is 1. The van der Waals surface area contributed by atoms with Gasteiger partial charge in [0, 0.05) is 23.1 Å². The first-order valence-electron chi connectivity index (χ1n) is 4.93. The van der Waals surface area contributed by atoms with Gasteiger partial charge in [0.25, 0.3) is 0 Å². The molecule has 0 amide bonds. The molecule has 0 atom stereocenters. The van der Waals surface area contributed by atoms with E-state index in [9.17, 15) is 8.42 Å². The highest BCUT2D eigenvalue weighted by atomic mass is 35.5. The van der Waals surface area contributed by atoms with Crippen LogP contribution in [0.4, 0.5) is 5.69 Å². The molecule has 2 rings (SSSR count). The van der Waals surface area contributed by atoms with Gasteiger partial charge in [0.1, 0.15) is 0 Å². The Morgan fingerprint density at radius 3 is 2.88 bits per heavy atom. The second-order valence-electron chi connectivity index (χ2n) is 3.39. The molecule has 3 nitrogen and oxygen atoms in total. The summed E-state index contributed by atoms with van der Waals surface area (Å²) in [7, 11) is -3.26. The van der Waals surface area contributed by atoms with E-state index >= 15 is 0 Å². The van der Waals surface area contributed by atoms with Crippen molar-refractivity contribution in [3.8, 4) is 0 Å². The molecule has 0 saturated heterocycles. The van der Waals surface area contributed by atoms with Gasteiger partial charge in [-0.05, 0) is 12.1 Å². The Kier molecular flexibility index (Phi) is 3.66. The van der Waals surface area contributed by atoms with Gasteiger partial charge >= 0.3 is 0 Å². The lowest BCUT2D eigenvalue weighted by Gasteiger charge is -2.29. The number of alkyl halides is 1. The molecule has 0 fully saturated rings. The molecule has 0 aromatic heterocycles. The summed E-state index contributed by atoms with van der Waals surface area (Å²) < 4.78 is 25.4. The summed E-state index contributed by atoms with van der Waals surface area (Å²) in [5.41, 5.74) is 0.781. The van der Waals surface area contributed by atoms with Crippen LogP contribution in [0, 0.1) is 0 Å². The van der Waals surface area contributed by atoms with Crippen molar-refractivity contribution >= 4 is 39.1 Å². The lowest BCUT2D eigenvalue weighted by Crippen LogP contribution is -2.37. The fourth-order valence-corrected chi connectivity index (χ4v) is 4.64. The van der Waals surface area contributed by atoms with Crippen LogP contribution in [-0.4, -0.2) is 32.3 Å². The Morgan fingerprint density at radius 1 is 1.38 bits per heavy atom. The van der Waals surface area contributed by atoms with Gasteiger partial charge in [-0.2, -0.15) is 0 Å². The number of halogens is 1. The van der Waals surface area contributed by atoms with E-state index in [1.165, 1.54) is 4.31 Å². The van der Waals surface area contributed by atoms with Gasteiger partial charge in [-0.1, -0.05) is 12.1 Å². The molecule has 0 spiro atoms. The second-order valence-corrected chi connectivity index (χ2v) is 6.92. The quantitative estimate of drug-likeness (QED) is 0.795. The molecule has 6 heteroatoms. The van der Waals surface area contributed by atoms with Crippen LogP contribution in [0.1, 0.15) is 0 Å². The maximum absolute atomic E-state index is 12.0. The molecule has 1 aromatic rings. The summed E-state index contributed by atoms with van der Waals surface area (Å²) in [6.07, 6.45) is 0. The molecular weight excluding hydrogens is 266 g/mol. The zero-order chi connectivity index (χ0) is 11.6. The monoisotopic (exact) mass is 277 g/mol. The van der Waals surface area contributed by atoms with E-state index in [1.807, 2.05) is 24.3 Å². The summed E-state index contributed by atoms with van der Waals surface area (Å²) in [6.45, 7) is 0.529. The first-order chi connectivity index (χ1) is 7.65. The fourth-order valence-electron chi connectivity index (χ4n) is 1.64. The van der Waals surface area contributed by atoms with Crippen molar-refractivity contribution in [1.29, 1.82) is 0 Å². The van der Waals surface area contributed by atoms with Gasteiger partial charge in [-0.25, -0.2) is 8.42 Å².